The number of thioether (sulfide) groups is 1. The molecule has 1 N–H and O–H groups in total. The smallest absolute Gasteiger partial charge is 0.237 e. The van der Waals surface area contributed by atoms with Gasteiger partial charge in [0.1, 0.15) is 6.07 Å². The van der Waals surface area contributed by atoms with E-state index in [1.165, 1.54) is 11.8 Å². The van der Waals surface area contributed by atoms with Crippen LogP contribution in [-0.2, 0) is 4.79 Å². The van der Waals surface area contributed by atoms with Crippen molar-refractivity contribution in [3.05, 3.63) is 59.7 Å². The summed E-state index contributed by atoms with van der Waals surface area (Å²) in [6.45, 7) is 3.77. The Morgan fingerprint density at radius 1 is 1.23 bits per heavy atom. The maximum atomic E-state index is 12.5. The van der Waals surface area contributed by atoms with E-state index in [4.69, 9.17) is 5.26 Å². The van der Waals surface area contributed by atoms with Crippen molar-refractivity contribution in [3.8, 4) is 11.8 Å². The molecule has 26 heavy (non-hydrogen) atoms. The summed E-state index contributed by atoms with van der Waals surface area (Å²) >= 11 is 1.25. The second-order valence-electron chi connectivity index (χ2n) is 5.62. The van der Waals surface area contributed by atoms with E-state index in [9.17, 15) is 4.79 Å². The number of hydrogen-bond acceptors (Lipinski definition) is 6. The Bertz CT molecular complexity index is 960. The third kappa shape index (κ3) is 3.90. The summed E-state index contributed by atoms with van der Waals surface area (Å²) in [7, 11) is 0. The molecule has 0 bridgehead atoms. The van der Waals surface area contributed by atoms with E-state index >= 15 is 0 Å². The molecule has 0 aliphatic carbocycles. The van der Waals surface area contributed by atoms with Crippen LogP contribution in [0, 0.1) is 18.3 Å². The zero-order valence-electron chi connectivity index (χ0n) is 14.2. The molecular formula is C18H16N6OS. The minimum Gasteiger partial charge on any atom is -0.324 e. The highest BCUT2D eigenvalue weighted by Gasteiger charge is 2.20. The van der Waals surface area contributed by atoms with Crippen LogP contribution < -0.4 is 5.32 Å². The predicted molar refractivity (Wildman–Crippen MR) is 99.0 cm³/mol. The van der Waals surface area contributed by atoms with Crippen molar-refractivity contribution in [2.45, 2.75) is 24.3 Å². The van der Waals surface area contributed by atoms with E-state index in [-0.39, 0.29) is 5.91 Å². The van der Waals surface area contributed by atoms with Crippen molar-refractivity contribution >= 4 is 23.4 Å². The minimum absolute atomic E-state index is 0.226. The number of nitrogens with one attached hydrogen (secondary N) is 1. The largest absolute Gasteiger partial charge is 0.324 e. The molecule has 3 rings (SSSR count). The van der Waals surface area contributed by atoms with E-state index < -0.39 is 5.25 Å². The van der Waals surface area contributed by atoms with Gasteiger partial charge in [0, 0.05) is 0 Å². The molecule has 0 spiro atoms. The molecule has 0 aliphatic heterocycles. The lowest BCUT2D eigenvalue weighted by Gasteiger charge is -2.12. The van der Waals surface area contributed by atoms with Crippen molar-refractivity contribution in [3.63, 3.8) is 0 Å². The van der Waals surface area contributed by atoms with Gasteiger partial charge in [0.15, 0.2) is 0 Å². The number of hydrogen-bond donors (Lipinski definition) is 1. The number of para-hydroxylation sites is 1. The van der Waals surface area contributed by atoms with Gasteiger partial charge >= 0.3 is 0 Å². The number of benzene rings is 2. The fourth-order valence-corrected chi connectivity index (χ4v) is 3.04. The van der Waals surface area contributed by atoms with Crippen LogP contribution >= 0.6 is 11.8 Å². The normalized spacial score (nSPS) is 11.6. The average molecular weight is 364 g/mol. The lowest BCUT2D eigenvalue weighted by atomic mass is 10.2. The second-order valence-corrected chi connectivity index (χ2v) is 6.92. The van der Waals surface area contributed by atoms with Crippen LogP contribution in [0.4, 0.5) is 5.69 Å². The molecule has 1 aromatic heterocycles. The zero-order chi connectivity index (χ0) is 18.5. The summed E-state index contributed by atoms with van der Waals surface area (Å²) in [6, 6.07) is 16.7. The van der Waals surface area contributed by atoms with E-state index in [1.807, 2.05) is 31.2 Å². The third-order valence-corrected chi connectivity index (χ3v) is 4.71. The van der Waals surface area contributed by atoms with Crippen LogP contribution in [-0.4, -0.2) is 31.4 Å². The Morgan fingerprint density at radius 2 is 1.96 bits per heavy atom. The van der Waals surface area contributed by atoms with Crippen molar-refractivity contribution < 1.29 is 4.79 Å². The first-order chi connectivity index (χ1) is 12.6. The molecule has 0 saturated heterocycles. The number of aromatic nitrogens is 4. The molecule has 0 fully saturated rings. The standard InChI is InChI=1S/C18H16N6OS/c1-12-7-9-15(10-8-12)24-18(21-22-23-24)26-13(2)17(25)20-16-6-4-3-5-14(16)11-19/h3-10,13H,1-2H3,(H,20,25)/t13-/m1/s1. The van der Waals surface area contributed by atoms with E-state index in [1.54, 1.807) is 35.9 Å². The molecular weight excluding hydrogens is 348 g/mol. The Kier molecular flexibility index (Phi) is 5.29. The monoisotopic (exact) mass is 364 g/mol. The summed E-state index contributed by atoms with van der Waals surface area (Å²) in [5, 5.41) is 23.7. The minimum atomic E-state index is -0.447. The van der Waals surface area contributed by atoms with Crippen LogP contribution in [0.15, 0.2) is 53.7 Å². The highest BCUT2D eigenvalue weighted by Crippen LogP contribution is 2.24. The predicted octanol–water partition coefficient (Wildman–Crippen LogP) is 2.96. The number of anilines is 1. The van der Waals surface area contributed by atoms with Gasteiger partial charge in [-0.2, -0.15) is 9.94 Å². The highest BCUT2D eigenvalue weighted by molar-refractivity contribution is 8.00. The van der Waals surface area contributed by atoms with Crippen LogP contribution in [0.1, 0.15) is 18.1 Å². The number of carbonyl (C=O) groups is 1. The zero-order valence-corrected chi connectivity index (χ0v) is 15.1. The Hall–Kier alpha value is -3.18. The second kappa shape index (κ2) is 7.80. The Morgan fingerprint density at radius 3 is 2.69 bits per heavy atom. The number of aryl methyl sites for hydroxylation is 1. The first kappa shape index (κ1) is 17.6. The maximum Gasteiger partial charge on any atom is 0.237 e. The summed E-state index contributed by atoms with van der Waals surface area (Å²) in [4.78, 5) is 12.5. The first-order valence-electron chi connectivity index (χ1n) is 7.90. The van der Waals surface area contributed by atoms with E-state index in [0.717, 1.165) is 11.3 Å². The molecule has 7 nitrogen and oxygen atoms in total. The molecule has 8 heteroatoms. The van der Waals surface area contributed by atoms with Gasteiger partial charge in [-0.25, -0.2) is 0 Å². The van der Waals surface area contributed by atoms with Gasteiger partial charge in [0.25, 0.3) is 0 Å². The third-order valence-electron chi connectivity index (χ3n) is 3.68. The van der Waals surface area contributed by atoms with Gasteiger partial charge in [0.05, 0.1) is 22.2 Å². The number of tetrazole rings is 1. The summed E-state index contributed by atoms with van der Waals surface area (Å²) < 4.78 is 1.59. The van der Waals surface area contributed by atoms with Gasteiger partial charge in [-0.15, -0.1) is 5.10 Å². The quantitative estimate of drug-likeness (QED) is 0.699. The molecule has 0 saturated carbocycles. The molecule has 2 aromatic carbocycles. The first-order valence-corrected chi connectivity index (χ1v) is 8.78. The number of carbonyl (C=O) groups excluding carboxylic acids is 1. The molecule has 1 amide bonds. The van der Waals surface area contributed by atoms with Gasteiger partial charge in [-0.05, 0) is 48.5 Å². The molecule has 1 atom stereocenters. The van der Waals surface area contributed by atoms with Gasteiger partial charge in [-0.3, -0.25) is 4.79 Å². The van der Waals surface area contributed by atoms with Crippen LogP contribution in [0.2, 0.25) is 0 Å². The van der Waals surface area contributed by atoms with Gasteiger partial charge < -0.3 is 5.32 Å². The highest BCUT2D eigenvalue weighted by atomic mass is 32.2. The van der Waals surface area contributed by atoms with Gasteiger partial charge in [0.2, 0.25) is 11.1 Å². The molecule has 130 valence electrons. The summed E-state index contributed by atoms with van der Waals surface area (Å²) in [5.74, 6) is -0.226. The van der Waals surface area contributed by atoms with Crippen molar-refractivity contribution in [2.24, 2.45) is 0 Å². The average Bonchev–Trinajstić information content (AvgIpc) is 3.10. The molecule has 3 aromatic rings. The lowest BCUT2D eigenvalue weighted by molar-refractivity contribution is -0.115. The summed E-state index contributed by atoms with van der Waals surface area (Å²) in [5.41, 5.74) is 2.87. The number of nitriles is 1. The molecule has 0 unspecified atom stereocenters. The molecule has 1 heterocycles. The van der Waals surface area contributed by atoms with Crippen molar-refractivity contribution in [1.82, 2.24) is 20.2 Å². The fourth-order valence-electron chi connectivity index (χ4n) is 2.24. The SMILES string of the molecule is Cc1ccc(-n2nnnc2S[C@H](C)C(=O)Nc2ccccc2C#N)cc1. The maximum absolute atomic E-state index is 12.5. The van der Waals surface area contributed by atoms with Crippen LogP contribution in [0.3, 0.4) is 0 Å². The van der Waals surface area contributed by atoms with Crippen molar-refractivity contribution in [2.75, 3.05) is 5.32 Å². The Labute approximate surface area is 155 Å². The van der Waals surface area contributed by atoms with Crippen molar-refractivity contribution in [1.29, 1.82) is 5.26 Å². The number of amides is 1. The van der Waals surface area contributed by atoms with E-state index in [0.29, 0.717) is 16.4 Å². The number of rotatable bonds is 5. The van der Waals surface area contributed by atoms with Crippen LogP contribution in [0.5, 0.6) is 0 Å². The summed E-state index contributed by atoms with van der Waals surface area (Å²) in [6.07, 6.45) is 0. The molecule has 0 radical (unpaired) electrons. The fraction of sp³-hybridized carbons (Fsp3) is 0.167. The van der Waals surface area contributed by atoms with Gasteiger partial charge in [-0.1, -0.05) is 41.6 Å². The Balaban J connectivity index is 1.73. The van der Waals surface area contributed by atoms with E-state index in [2.05, 4.69) is 26.9 Å². The topological polar surface area (TPSA) is 96.5 Å². The number of nitrogens with zero attached hydrogens (tertiary/aromatic N) is 5. The van der Waals surface area contributed by atoms with Crippen LogP contribution in [0.25, 0.3) is 5.69 Å². The lowest BCUT2D eigenvalue weighted by Crippen LogP contribution is -2.23. The molecule has 0 aliphatic rings.